The van der Waals surface area contributed by atoms with Crippen molar-refractivity contribution in [2.45, 2.75) is 5.38 Å². The molecule has 0 heterocycles. The number of fused-ring (bicyclic) bond motifs is 1. The van der Waals surface area contributed by atoms with Crippen LogP contribution in [0, 0.1) is 0 Å². The van der Waals surface area contributed by atoms with Crippen LogP contribution in [0.3, 0.4) is 0 Å². The predicted molar refractivity (Wildman–Crippen MR) is 68.3 cm³/mol. The van der Waals surface area contributed by atoms with Crippen molar-refractivity contribution >= 4 is 28.3 Å². The summed E-state index contributed by atoms with van der Waals surface area (Å²) in [5, 5.41) is 0.968. The smallest absolute Gasteiger partial charge is 0.240 e. The van der Waals surface area contributed by atoms with E-state index in [-0.39, 0.29) is 0 Å². The molecule has 0 aromatic heterocycles. The molecular formula is C13H12ClNO2. The summed E-state index contributed by atoms with van der Waals surface area (Å²) in [5.41, 5.74) is 5.93. The number of methoxy groups -OCH3 is 1. The molecule has 0 fully saturated rings. The Morgan fingerprint density at radius 1 is 1.24 bits per heavy atom. The molecule has 0 aliphatic heterocycles. The molecule has 0 spiro atoms. The summed E-state index contributed by atoms with van der Waals surface area (Å²) in [6.45, 7) is 0. The van der Waals surface area contributed by atoms with Crippen LogP contribution < -0.4 is 10.5 Å². The molecule has 88 valence electrons. The first kappa shape index (κ1) is 11.7. The molecule has 2 aromatic carbocycles. The Balaban J connectivity index is 2.70. The first-order valence-electron chi connectivity index (χ1n) is 5.14. The van der Waals surface area contributed by atoms with Crippen LogP contribution in [0.25, 0.3) is 10.8 Å². The molecule has 17 heavy (non-hydrogen) atoms. The summed E-state index contributed by atoms with van der Waals surface area (Å²) in [6.07, 6.45) is 0. The molecule has 0 aliphatic carbocycles. The van der Waals surface area contributed by atoms with Gasteiger partial charge < -0.3 is 10.5 Å². The standard InChI is InChI=1S/C13H12ClNO2/c1-17-11-7-6-10(12(14)13(15)16)8-4-2-3-5-9(8)11/h2-7,12H,1H3,(H2,15,16). The Labute approximate surface area is 104 Å². The third-order valence-corrected chi connectivity index (χ3v) is 3.11. The second-order valence-corrected chi connectivity index (χ2v) is 4.10. The van der Waals surface area contributed by atoms with E-state index in [2.05, 4.69) is 0 Å². The van der Waals surface area contributed by atoms with E-state index in [1.807, 2.05) is 24.3 Å². The van der Waals surface area contributed by atoms with E-state index >= 15 is 0 Å². The van der Waals surface area contributed by atoms with Gasteiger partial charge in [0.25, 0.3) is 0 Å². The fourth-order valence-electron chi connectivity index (χ4n) is 1.85. The largest absolute Gasteiger partial charge is 0.496 e. The Hall–Kier alpha value is -1.74. The van der Waals surface area contributed by atoms with Gasteiger partial charge in [0.15, 0.2) is 0 Å². The van der Waals surface area contributed by atoms with E-state index in [9.17, 15) is 4.79 Å². The summed E-state index contributed by atoms with van der Waals surface area (Å²) >= 11 is 6.00. The average Bonchev–Trinajstić information content (AvgIpc) is 2.36. The number of hydrogen-bond acceptors (Lipinski definition) is 2. The Morgan fingerprint density at radius 3 is 2.47 bits per heavy atom. The maximum absolute atomic E-state index is 11.2. The maximum atomic E-state index is 11.2. The van der Waals surface area contributed by atoms with Crippen molar-refractivity contribution in [1.82, 2.24) is 0 Å². The predicted octanol–water partition coefficient (Wildman–Crippen LogP) is 2.61. The SMILES string of the molecule is COc1ccc(C(Cl)C(N)=O)c2ccccc12. The van der Waals surface area contributed by atoms with E-state index in [0.29, 0.717) is 5.56 Å². The number of nitrogens with two attached hydrogens (primary N) is 1. The van der Waals surface area contributed by atoms with E-state index in [0.717, 1.165) is 16.5 Å². The van der Waals surface area contributed by atoms with E-state index < -0.39 is 11.3 Å². The molecule has 2 rings (SSSR count). The molecule has 2 N–H and O–H groups in total. The van der Waals surface area contributed by atoms with Gasteiger partial charge in [0.05, 0.1) is 7.11 Å². The van der Waals surface area contributed by atoms with Crippen molar-refractivity contribution in [2.75, 3.05) is 7.11 Å². The van der Waals surface area contributed by atoms with Crippen molar-refractivity contribution in [3.05, 3.63) is 42.0 Å². The van der Waals surface area contributed by atoms with Gasteiger partial charge in [0.1, 0.15) is 11.1 Å². The molecule has 4 heteroatoms. The van der Waals surface area contributed by atoms with E-state index in [1.54, 1.807) is 19.2 Å². The molecule has 1 amide bonds. The molecule has 0 bridgehead atoms. The quantitative estimate of drug-likeness (QED) is 0.850. The minimum Gasteiger partial charge on any atom is -0.496 e. The van der Waals surface area contributed by atoms with Gasteiger partial charge in [-0.2, -0.15) is 0 Å². The Kier molecular flexibility index (Phi) is 3.20. The van der Waals surface area contributed by atoms with Crippen LogP contribution in [0.15, 0.2) is 36.4 Å². The Morgan fingerprint density at radius 2 is 1.88 bits per heavy atom. The summed E-state index contributed by atoms with van der Waals surface area (Å²) in [7, 11) is 1.60. The second-order valence-electron chi connectivity index (χ2n) is 3.67. The van der Waals surface area contributed by atoms with Crippen LogP contribution in [-0.4, -0.2) is 13.0 Å². The van der Waals surface area contributed by atoms with Gasteiger partial charge in [0.2, 0.25) is 5.91 Å². The fourth-order valence-corrected chi connectivity index (χ4v) is 2.04. The second kappa shape index (κ2) is 4.63. The molecule has 0 saturated carbocycles. The zero-order valence-corrected chi connectivity index (χ0v) is 10.1. The number of amides is 1. The van der Waals surface area contributed by atoms with Crippen LogP contribution in [0.4, 0.5) is 0 Å². The monoisotopic (exact) mass is 249 g/mol. The molecule has 0 aliphatic rings. The van der Waals surface area contributed by atoms with Crippen molar-refractivity contribution in [2.24, 2.45) is 5.73 Å². The van der Waals surface area contributed by atoms with Gasteiger partial charge in [-0.3, -0.25) is 4.79 Å². The van der Waals surface area contributed by atoms with Crippen molar-refractivity contribution in [3.63, 3.8) is 0 Å². The van der Waals surface area contributed by atoms with Crippen LogP contribution in [-0.2, 0) is 4.79 Å². The first-order chi connectivity index (χ1) is 8.15. The molecule has 2 aromatic rings. The molecule has 3 nitrogen and oxygen atoms in total. The molecule has 0 saturated heterocycles. The lowest BCUT2D eigenvalue weighted by molar-refractivity contribution is -0.117. The van der Waals surface area contributed by atoms with Crippen molar-refractivity contribution < 1.29 is 9.53 Å². The van der Waals surface area contributed by atoms with Crippen LogP contribution in [0.1, 0.15) is 10.9 Å². The van der Waals surface area contributed by atoms with Crippen molar-refractivity contribution in [3.8, 4) is 5.75 Å². The highest BCUT2D eigenvalue weighted by Crippen LogP contribution is 2.33. The van der Waals surface area contributed by atoms with Crippen molar-refractivity contribution in [1.29, 1.82) is 0 Å². The number of rotatable bonds is 3. The highest BCUT2D eigenvalue weighted by atomic mass is 35.5. The lowest BCUT2D eigenvalue weighted by Gasteiger charge is -2.12. The first-order valence-corrected chi connectivity index (χ1v) is 5.58. The van der Waals surface area contributed by atoms with Crippen LogP contribution >= 0.6 is 11.6 Å². The number of hydrogen-bond donors (Lipinski definition) is 1. The van der Waals surface area contributed by atoms with Gasteiger partial charge in [-0.1, -0.05) is 30.3 Å². The minimum atomic E-state index is -0.828. The summed E-state index contributed by atoms with van der Waals surface area (Å²) in [4.78, 5) is 11.2. The highest BCUT2D eigenvalue weighted by molar-refractivity contribution is 6.31. The summed E-state index contributed by atoms with van der Waals surface area (Å²) in [5.74, 6) is 0.194. The highest BCUT2D eigenvalue weighted by Gasteiger charge is 2.17. The topological polar surface area (TPSA) is 52.3 Å². The average molecular weight is 250 g/mol. The Bertz CT molecular complexity index is 568. The molecular weight excluding hydrogens is 238 g/mol. The number of carbonyl (C=O) groups is 1. The molecule has 1 unspecified atom stereocenters. The van der Waals surface area contributed by atoms with Gasteiger partial charge in [-0.05, 0) is 17.0 Å². The number of halogens is 1. The zero-order chi connectivity index (χ0) is 12.4. The summed E-state index contributed by atoms with van der Waals surface area (Å²) in [6, 6.07) is 11.2. The van der Waals surface area contributed by atoms with Gasteiger partial charge in [0, 0.05) is 5.39 Å². The van der Waals surface area contributed by atoms with E-state index in [4.69, 9.17) is 22.1 Å². The number of benzene rings is 2. The summed E-state index contributed by atoms with van der Waals surface area (Å²) < 4.78 is 5.26. The maximum Gasteiger partial charge on any atom is 0.240 e. The lowest BCUT2D eigenvalue weighted by atomic mass is 10.0. The number of carbonyl (C=O) groups excluding carboxylic acids is 1. The zero-order valence-electron chi connectivity index (χ0n) is 9.31. The molecule has 1 atom stereocenters. The number of primary amides is 1. The molecule has 0 radical (unpaired) electrons. The number of ether oxygens (including phenoxy) is 1. The lowest BCUT2D eigenvalue weighted by Crippen LogP contribution is -2.17. The van der Waals surface area contributed by atoms with E-state index in [1.165, 1.54) is 0 Å². The van der Waals surface area contributed by atoms with Gasteiger partial charge >= 0.3 is 0 Å². The van der Waals surface area contributed by atoms with Crippen LogP contribution in [0.5, 0.6) is 5.75 Å². The fraction of sp³-hybridized carbons (Fsp3) is 0.154. The number of alkyl halides is 1. The third kappa shape index (κ3) is 2.06. The van der Waals surface area contributed by atoms with Gasteiger partial charge in [-0.25, -0.2) is 0 Å². The third-order valence-electron chi connectivity index (χ3n) is 2.66. The normalized spacial score (nSPS) is 12.4. The minimum absolute atomic E-state index is 0.554. The van der Waals surface area contributed by atoms with Crippen LogP contribution in [0.2, 0.25) is 0 Å². The van der Waals surface area contributed by atoms with Gasteiger partial charge in [-0.15, -0.1) is 11.6 Å².